The molecule has 1 amide bonds. The molecule has 2 N–H and O–H groups in total. The molecule has 8 heteroatoms. The Morgan fingerprint density at radius 1 is 1.16 bits per heavy atom. The topological polar surface area (TPSA) is 78.5 Å². The molecule has 1 heterocycles. The summed E-state index contributed by atoms with van der Waals surface area (Å²) in [6, 6.07) is 11.2. The van der Waals surface area contributed by atoms with E-state index in [4.69, 9.17) is 0 Å². The summed E-state index contributed by atoms with van der Waals surface area (Å²) in [5.74, 6) is -0.270. The molecule has 0 bridgehead atoms. The van der Waals surface area contributed by atoms with Crippen LogP contribution in [0.3, 0.4) is 0 Å². The quantitative estimate of drug-likeness (QED) is 0.676. The van der Waals surface area contributed by atoms with Crippen LogP contribution in [0, 0.1) is 11.7 Å². The van der Waals surface area contributed by atoms with Gasteiger partial charge < -0.3 is 5.32 Å². The smallest absolute Gasteiger partial charge is 0.261 e. The van der Waals surface area contributed by atoms with Gasteiger partial charge in [0.2, 0.25) is 0 Å². The average molecular weight is 448 g/mol. The summed E-state index contributed by atoms with van der Waals surface area (Å²) in [7, 11) is -3.96. The molecule has 0 saturated carbocycles. The van der Waals surface area contributed by atoms with E-state index >= 15 is 0 Å². The van der Waals surface area contributed by atoms with Crippen molar-refractivity contribution in [3.63, 3.8) is 0 Å². The Morgan fingerprint density at radius 2 is 1.84 bits per heavy atom. The van der Waals surface area contributed by atoms with Crippen molar-refractivity contribution in [3.05, 3.63) is 59.9 Å². The monoisotopic (exact) mass is 447 g/mol. The number of rotatable bonds is 7. The lowest BCUT2D eigenvalue weighted by Crippen LogP contribution is -2.54. The van der Waals surface area contributed by atoms with Gasteiger partial charge in [-0.3, -0.25) is 14.4 Å². The van der Waals surface area contributed by atoms with Gasteiger partial charge >= 0.3 is 0 Å². The third kappa shape index (κ3) is 5.83. The fourth-order valence-electron chi connectivity index (χ4n) is 3.78. The fraction of sp³-hybridized carbons (Fsp3) is 0.435. The first-order valence-corrected chi connectivity index (χ1v) is 12.0. The highest BCUT2D eigenvalue weighted by Gasteiger charge is 2.30. The fourth-order valence-corrected chi connectivity index (χ4v) is 4.85. The van der Waals surface area contributed by atoms with Crippen molar-refractivity contribution in [3.8, 4) is 0 Å². The van der Waals surface area contributed by atoms with Gasteiger partial charge in [-0.2, -0.15) is 0 Å². The van der Waals surface area contributed by atoms with Gasteiger partial charge in [0.1, 0.15) is 5.82 Å². The Morgan fingerprint density at radius 3 is 2.48 bits per heavy atom. The molecule has 1 fully saturated rings. The number of nitrogens with one attached hydrogen (secondary N) is 2. The molecule has 0 aromatic heterocycles. The first kappa shape index (κ1) is 23.2. The molecule has 2 aromatic carbocycles. The number of amides is 1. The normalized spacial score (nSPS) is 17.9. The number of hydrogen-bond acceptors (Lipinski definition) is 4. The van der Waals surface area contributed by atoms with Crippen LogP contribution in [-0.2, 0) is 10.0 Å². The van der Waals surface area contributed by atoms with Crippen LogP contribution in [0.15, 0.2) is 53.4 Å². The van der Waals surface area contributed by atoms with Gasteiger partial charge in [-0.05, 0) is 75.5 Å². The lowest BCUT2D eigenvalue weighted by Gasteiger charge is -2.43. The lowest BCUT2D eigenvalue weighted by molar-refractivity contribution is 0.0657. The Hall–Kier alpha value is -2.45. The molecule has 0 aliphatic carbocycles. The summed E-state index contributed by atoms with van der Waals surface area (Å²) in [6.45, 7) is 9.02. The Labute approximate surface area is 183 Å². The van der Waals surface area contributed by atoms with Gasteiger partial charge in [0.15, 0.2) is 0 Å². The van der Waals surface area contributed by atoms with Crippen molar-refractivity contribution in [1.82, 2.24) is 10.2 Å². The van der Waals surface area contributed by atoms with Gasteiger partial charge in [0, 0.05) is 24.2 Å². The third-order valence-corrected chi connectivity index (χ3v) is 7.12. The van der Waals surface area contributed by atoms with E-state index < -0.39 is 15.8 Å². The number of carbonyl (C=O) groups excluding carboxylic acids is 1. The van der Waals surface area contributed by atoms with Crippen molar-refractivity contribution >= 4 is 21.6 Å². The van der Waals surface area contributed by atoms with Gasteiger partial charge in [-0.15, -0.1) is 0 Å². The number of carbonyl (C=O) groups is 1. The number of halogens is 1. The number of piperidine rings is 1. The van der Waals surface area contributed by atoms with Crippen molar-refractivity contribution < 1.29 is 17.6 Å². The van der Waals surface area contributed by atoms with E-state index in [0.717, 1.165) is 19.5 Å². The van der Waals surface area contributed by atoms with E-state index in [0.29, 0.717) is 18.0 Å². The van der Waals surface area contributed by atoms with E-state index in [2.05, 4.69) is 35.7 Å². The molecule has 1 aliphatic heterocycles. The predicted octanol–water partition coefficient (Wildman–Crippen LogP) is 3.87. The highest BCUT2D eigenvalue weighted by Crippen LogP contribution is 2.24. The number of nitrogens with zero attached hydrogens (tertiary/aromatic N) is 1. The van der Waals surface area contributed by atoms with E-state index in [1.807, 2.05) is 0 Å². The van der Waals surface area contributed by atoms with Crippen molar-refractivity contribution in [2.24, 2.45) is 5.92 Å². The number of anilines is 1. The molecular weight excluding hydrogens is 417 g/mol. The zero-order valence-corrected chi connectivity index (χ0v) is 19.0. The molecule has 31 heavy (non-hydrogen) atoms. The molecule has 0 radical (unpaired) electrons. The largest absolute Gasteiger partial charge is 0.350 e. The van der Waals surface area contributed by atoms with Gasteiger partial charge in [0.05, 0.1) is 10.6 Å². The van der Waals surface area contributed by atoms with E-state index in [-0.39, 0.29) is 22.0 Å². The van der Waals surface area contributed by atoms with Crippen LogP contribution in [0.4, 0.5) is 10.1 Å². The number of likely N-dealkylation sites (tertiary alicyclic amines) is 1. The summed E-state index contributed by atoms with van der Waals surface area (Å²) < 4.78 is 41.0. The summed E-state index contributed by atoms with van der Waals surface area (Å²) in [5.41, 5.74) is 0.0725. The first-order valence-electron chi connectivity index (χ1n) is 10.5. The molecule has 2 aromatic rings. The SMILES string of the molecule is CC1CCCN(C(C)(C)CNC(=O)c2ccc(S(=O)(=O)Nc3ccccc3F)cc2)C1. The molecule has 1 saturated heterocycles. The van der Waals surface area contributed by atoms with Crippen LogP contribution >= 0.6 is 0 Å². The van der Waals surface area contributed by atoms with Crippen molar-refractivity contribution in [2.45, 2.75) is 44.0 Å². The highest BCUT2D eigenvalue weighted by atomic mass is 32.2. The zero-order chi connectivity index (χ0) is 22.6. The molecule has 0 spiro atoms. The van der Waals surface area contributed by atoms with Crippen LogP contribution < -0.4 is 10.0 Å². The van der Waals surface area contributed by atoms with Crippen LogP contribution in [0.1, 0.15) is 44.0 Å². The summed E-state index contributed by atoms with van der Waals surface area (Å²) in [4.78, 5) is 15.0. The van der Waals surface area contributed by atoms with Crippen LogP contribution in [-0.4, -0.2) is 44.4 Å². The molecule has 3 rings (SSSR count). The van der Waals surface area contributed by atoms with E-state index in [9.17, 15) is 17.6 Å². The minimum absolute atomic E-state index is 0.0464. The maximum Gasteiger partial charge on any atom is 0.261 e. The Bertz CT molecular complexity index is 1020. The second kappa shape index (κ2) is 9.36. The first-order chi connectivity index (χ1) is 14.6. The summed E-state index contributed by atoms with van der Waals surface area (Å²) in [5, 5.41) is 2.96. The Kier molecular flexibility index (Phi) is 7.01. The summed E-state index contributed by atoms with van der Waals surface area (Å²) in [6.07, 6.45) is 2.40. The van der Waals surface area contributed by atoms with Gasteiger partial charge in [-0.25, -0.2) is 12.8 Å². The molecule has 1 atom stereocenters. The zero-order valence-electron chi connectivity index (χ0n) is 18.2. The Balaban J connectivity index is 1.62. The minimum Gasteiger partial charge on any atom is -0.350 e. The van der Waals surface area contributed by atoms with Crippen LogP contribution in [0.25, 0.3) is 0 Å². The molecule has 168 valence electrons. The average Bonchev–Trinajstić information content (AvgIpc) is 2.74. The van der Waals surface area contributed by atoms with Crippen LogP contribution in [0.5, 0.6) is 0 Å². The number of para-hydroxylation sites is 1. The van der Waals surface area contributed by atoms with Crippen LogP contribution in [0.2, 0.25) is 0 Å². The van der Waals surface area contributed by atoms with Crippen molar-refractivity contribution in [1.29, 1.82) is 0 Å². The molecule has 1 aliphatic rings. The lowest BCUT2D eigenvalue weighted by atomic mass is 9.93. The highest BCUT2D eigenvalue weighted by molar-refractivity contribution is 7.92. The van der Waals surface area contributed by atoms with Gasteiger partial charge in [0.25, 0.3) is 15.9 Å². The number of sulfonamides is 1. The second-order valence-electron chi connectivity index (χ2n) is 8.80. The number of hydrogen-bond donors (Lipinski definition) is 2. The second-order valence-corrected chi connectivity index (χ2v) is 10.5. The van der Waals surface area contributed by atoms with Gasteiger partial charge in [-0.1, -0.05) is 19.1 Å². The predicted molar refractivity (Wildman–Crippen MR) is 120 cm³/mol. The number of benzene rings is 2. The molecule has 6 nitrogen and oxygen atoms in total. The maximum atomic E-state index is 13.8. The summed E-state index contributed by atoms with van der Waals surface area (Å²) >= 11 is 0. The standard InChI is InChI=1S/C23H30FN3O3S/c1-17-7-6-14-27(15-17)23(2,3)16-25-22(28)18-10-12-19(13-11-18)31(29,30)26-21-9-5-4-8-20(21)24/h4-5,8-13,17,26H,6-7,14-16H2,1-3H3,(H,25,28). The minimum atomic E-state index is -3.96. The van der Waals surface area contributed by atoms with E-state index in [1.165, 1.54) is 48.9 Å². The third-order valence-electron chi connectivity index (χ3n) is 5.74. The van der Waals surface area contributed by atoms with Crippen molar-refractivity contribution in [2.75, 3.05) is 24.4 Å². The molecule has 1 unspecified atom stereocenters. The van der Waals surface area contributed by atoms with E-state index in [1.54, 1.807) is 6.07 Å². The molecular formula is C23H30FN3O3S. The maximum absolute atomic E-state index is 13.8.